The summed E-state index contributed by atoms with van der Waals surface area (Å²) in [5.41, 5.74) is 0.429. The molecule has 1 aliphatic heterocycles. The van der Waals surface area contributed by atoms with Crippen molar-refractivity contribution in [2.24, 2.45) is 0 Å². The van der Waals surface area contributed by atoms with Crippen molar-refractivity contribution in [3.05, 3.63) is 16.0 Å². The molecular weight excluding hydrogens is 322 g/mol. The van der Waals surface area contributed by atoms with Crippen molar-refractivity contribution in [1.82, 2.24) is 0 Å². The van der Waals surface area contributed by atoms with Gasteiger partial charge in [-0.3, -0.25) is 9.59 Å². The SMILES string of the molecule is CCOC(=O)c1sc(N2C(=O)CCC2=O)c(C(=O)OCC)c1C. The predicted molar refractivity (Wildman–Crippen MR) is 82.7 cm³/mol. The minimum absolute atomic E-state index is 0.0727. The number of carbonyl (C=O) groups is 4. The van der Waals surface area contributed by atoms with Gasteiger partial charge in [-0.15, -0.1) is 11.3 Å². The van der Waals surface area contributed by atoms with E-state index in [2.05, 4.69) is 0 Å². The summed E-state index contributed by atoms with van der Waals surface area (Å²) in [6, 6.07) is 0. The van der Waals surface area contributed by atoms with Gasteiger partial charge in [-0.05, 0) is 26.3 Å². The van der Waals surface area contributed by atoms with E-state index in [9.17, 15) is 19.2 Å². The first-order chi connectivity index (χ1) is 10.9. The molecule has 2 amide bonds. The van der Waals surface area contributed by atoms with Crippen LogP contribution in [0.1, 0.15) is 52.3 Å². The molecule has 0 atom stereocenters. The van der Waals surface area contributed by atoms with Crippen LogP contribution in [0.4, 0.5) is 5.00 Å². The average Bonchev–Trinajstić information content (AvgIpc) is 2.99. The molecule has 1 saturated heterocycles. The van der Waals surface area contributed by atoms with Gasteiger partial charge in [0.2, 0.25) is 11.8 Å². The van der Waals surface area contributed by atoms with Gasteiger partial charge in [-0.1, -0.05) is 0 Å². The molecule has 1 aromatic heterocycles. The molecule has 0 N–H and O–H groups in total. The maximum atomic E-state index is 12.2. The minimum Gasteiger partial charge on any atom is -0.462 e. The fourth-order valence-electron chi connectivity index (χ4n) is 2.29. The summed E-state index contributed by atoms with van der Waals surface area (Å²) in [4.78, 5) is 49.4. The zero-order valence-corrected chi connectivity index (χ0v) is 13.9. The van der Waals surface area contributed by atoms with Gasteiger partial charge >= 0.3 is 11.9 Å². The molecule has 2 heterocycles. The number of hydrogen-bond donors (Lipinski definition) is 0. The van der Waals surface area contributed by atoms with E-state index < -0.39 is 23.8 Å². The molecule has 0 aliphatic carbocycles. The molecule has 0 bridgehead atoms. The molecule has 0 radical (unpaired) electrons. The third kappa shape index (κ3) is 3.12. The Morgan fingerprint density at radius 1 is 1.04 bits per heavy atom. The van der Waals surface area contributed by atoms with Crippen molar-refractivity contribution >= 4 is 40.1 Å². The van der Waals surface area contributed by atoms with Crippen LogP contribution in [0.15, 0.2) is 0 Å². The van der Waals surface area contributed by atoms with E-state index >= 15 is 0 Å². The van der Waals surface area contributed by atoms with E-state index in [1.54, 1.807) is 20.8 Å². The van der Waals surface area contributed by atoms with Gasteiger partial charge in [-0.25, -0.2) is 14.5 Å². The van der Waals surface area contributed by atoms with Crippen LogP contribution in [0, 0.1) is 6.92 Å². The second-order valence-corrected chi connectivity index (χ2v) is 5.80. The molecule has 8 heteroatoms. The molecule has 0 spiro atoms. The van der Waals surface area contributed by atoms with Crippen molar-refractivity contribution in [3.63, 3.8) is 0 Å². The number of amides is 2. The van der Waals surface area contributed by atoms with E-state index in [0.717, 1.165) is 16.2 Å². The average molecular weight is 339 g/mol. The largest absolute Gasteiger partial charge is 0.462 e. The van der Waals surface area contributed by atoms with Crippen molar-refractivity contribution in [2.45, 2.75) is 33.6 Å². The van der Waals surface area contributed by atoms with Crippen molar-refractivity contribution in [3.8, 4) is 0 Å². The van der Waals surface area contributed by atoms with Gasteiger partial charge in [0.15, 0.2) is 0 Å². The van der Waals surface area contributed by atoms with Crippen LogP contribution in [0.5, 0.6) is 0 Å². The molecule has 1 aliphatic rings. The van der Waals surface area contributed by atoms with E-state index in [-0.39, 0.29) is 41.5 Å². The number of esters is 2. The standard InChI is InChI=1S/C15H17NO6S/c1-4-21-14(19)11-8(3)12(15(20)22-5-2)23-13(11)16-9(17)6-7-10(16)18/h4-7H2,1-3H3. The Labute approximate surface area is 137 Å². The number of hydrogen-bond acceptors (Lipinski definition) is 7. The molecule has 124 valence electrons. The molecule has 0 unspecified atom stereocenters. The van der Waals surface area contributed by atoms with Gasteiger partial charge in [0.25, 0.3) is 0 Å². The summed E-state index contributed by atoms with van der Waals surface area (Å²) in [5, 5.41) is 0.136. The quantitative estimate of drug-likeness (QED) is 0.602. The lowest BCUT2D eigenvalue weighted by molar-refractivity contribution is -0.121. The predicted octanol–water partition coefficient (Wildman–Crippen LogP) is 2.06. The number of imide groups is 1. The van der Waals surface area contributed by atoms with E-state index in [4.69, 9.17) is 9.47 Å². The normalized spacial score (nSPS) is 14.3. The summed E-state index contributed by atoms with van der Waals surface area (Å²) in [6.45, 7) is 5.22. The number of carbonyl (C=O) groups excluding carboxylic acids is 4. The van der Waals surface area contributed by atoms with Crippen molar-refractivity contribution in [1.29, 1.82) is 0 Å². The fraction of sp³-hybridized carbons (Fsp3) is 0.467. The highest BCUT2D eigenvalue weighted by Gasteiger charge is 2.37. The molecule has 0 aromatic carbocycles. The Morgan fingerprint density at radius 3 is 2.09 bits per heavy atom. The molecular formula is C15H17NO6S. The van der Waals surface area contributed by atoms with Gasteiger partial charge in [0.1, 0.15) is 9.88 Å². The number of anilines is 1. The van der Waals surface area contributed by atoms with E-state index in [0.29, 0.717) is 5.56 Å². The smallest absolute Gasteiger partial charge is 0.348 e. The van der Waals surface area contributed by atoms with Crippen LogP contribution in [0.25, 0.3) is 0 Å². The van der Waals surface area contributed by atoms with Crippen LogP contribution >= 0.6 is 11.3 Å². The number of ether oxygens (including phenoxy) is 2. The third-order valence-corrected chi connectivity index (χ3v) is 4.58. The molecule has 2 rings (SSSR count). The summed E-state index contributed by atoms with van der Waals surface area (Å²) in [6.07, 6.45) is 0.180. The van der Waals surface area contributed by atoms with Gasteiger partial charge < -0.3 is 9.47 Å². The van der Waals surface area contributed by atoms with Gasteiger partial charge in [-0.2, -0.15) is 0 Å². The summed E-state index contributed by atoms with van der Waals surface area (Å²) in [7, 11) is 0. The molecule has 23 heavy (non-hydrogen) atoms. The van der Waals surface area contributed by atoms with Crippen LogP contribution in [0.2, 0.25) is 0 Å². The Morgan fingerprint density at radius 2 is 1.57 bits per heavy atom. The summed E-state index contributed by atoms with van der Waals surface area (Å²) >= 11 is 0.902. The number of thiophene rings is 1. The number of rotatable bonds is 5. The van der Waals surface area contributed by atoms with Gasteiger partial charge in [0.05, 0.1) is 18.8 Å². The summed E-state index contributed by atoms with van der Waals surface area (Å²) < 4.78 is 9.96. The second kappa shape index (κ2) is 6.91. The Bertz CT molecular complexity index is 662. The minimum atomic E-state index is -0.667. The fourth-order valence-corrected chi connectivity index (χ4v) is 3.52. The van der Waals surface area contributed by atoms with Crippen molar-refractivity contribution < 1.29 is 28.7 Å². The molecule has 1 aromatic rings. The molecule has 0 saturated carbocycles. The lowest BCUT2D eigenvalue weighted by atomic mass is 10.1. The first-order valence-corrected chi connectivity index (χ1v) is 8.07. The third-order valence-electron chi connectivity index (χ3n) is 3.32. The Hall–Kier alpha value is -2.22. The maximum absolute atomic E-state index is 12.2. The molecule has 7 nitrogen and oxygen atoms in total. The zero-order chi connectivity index (χ0) is 17.1. The highest BCUT2D eigenvalue weighted by atomic mass is 32.1. The van der Waals surface area contributed by atoms with Crippen molar-refractivity contribution in [2.75, 3.05) is 18.1 Å². The first kappa shape index (κ1) is 17.1. The van der Waals surface area contributed by atoms with E-state index in [1.807, 2.05) is 0 Å². The lowest BCUT2D eigenvalue weighted by Crippen LogP contribution is -2.29. The second-order valence-electron chi connectivity index (χ2n) is 4.80. The monoisotopic (exact) mass is 339 g/mol. The molecule has 1 fully saturated rings. The first-order valence-electron chi connectivity index (χ1n) is 7.25. The topological polar surface area (TPSA) is 90.0 Å². The summed E-state index contributed by atoms with van der Waals surface area (Å²) in [5.74, 6) is -2.04. The van der Waals surface area contributed by atoms with E-state index in [1.165, 1.54) is 0 Å². The van der Waals surface area contributed by atoms with Crippen LogP contribution in [-0.4, -0.2) is 37.0 Å². The Balaban J connectivity index is 2.57. The Kier molecular flexibility index (Phi) is 5.15. The lowest BCUT2D eigenvalue weighted by Gasteiger charge is -2.13. The number of nitrogens with zero attached hydrogens (tertiary/aromatic N) is 1. The van der Waals surface area contributed by atoms with Crippen LogP contribution < -0.4 is 4.90 Å². The zero-order valence-electron chi connectivity index (χ0n) is 13.1. The van der Waals surface area contributed by atoms with Crippen LogP contribution in [0.3, 0.4) is 0 Å². The maximum Gasteiger partial charge on any atom is 0.348 e. The van der Waals surface area contributed by atoms with Gasteiger partial charge in [0, 0.05) is 12.8 Å². The highest BCUT2D eigenvalue weighted by Crippen LogP contribution is 2.39. The van der Waals surface area contributed by atoms with Crippen LogP contribution in [-0.2, 0) is 19.1 Å². The highest BCUT2D eigenvalue weighted by molar-refractivity contribution is 7.19.